The quantitative estimate of drug-likeness (QED) is 0.673. The van der Waals surface area contributed by atoms with Crippen LogP contribution in [0.3, 0.4) is 0 Å². The van der Waals surface area contributed by atoms with Crippen molar-refractivity contribution in [2.24, 2.45) is 0 Å². The molecule has 3 aromatic rings. The Kier molecular flexibility index (Phi) is 2.53. The van der Waals surface area contributed by atoms with Gasteiger partial charge in [-0.3, -0.25) is 0 Å². The van der Waals surface area contributed by atoms with Gasteiger partial charge in [-0.1, -0.05) is 55.5 Å². The molecule has 0 saturated carbocycles. The van der Waals surface area contributed by atoms with Crippen LogP contribution in [0.1, 0.15) is 29.5 Å². The molecule has 1 heterocycles. The monoisotopic (exact) mass is 259 g/mol. The van der Waals surface area contributed by atoms with Gasteiger partial charge in [-0.2, -0.15) is 0 Å². The molecule has 1 unspecified atom stereocenters. The molecule has 1 aromatic heterocycles. The molecule has 1 nitrogen and oxygen atoms in total. The summed E-state index contributed by atoms with van der Waals surface area (Å²) in [5.41, 5.74) is 6.95. The molecule has 1 aliphatic rings. The van der Waals surface area contributed by atoms with Gasteiger partial charge in [0.05, 0.1) is 0 Å². The number of hydrogen-bond acceptors (Lipinski definition) is 0. The third kappa shape index (κ3) is 1.63. The van der Waals surface area contributed by atoms with Crippen LogP contribution in [0, 0.1) is 0 Å². The van der Waals surface area contributed by atoms with Gasteiger partial charge in [0.2, 0.25) is 0 Å². The first-order chi connectivity index (χ1) is 9.84. The van der Waals surface area contributed by atoms with Crippen molar-refractivity contribution in [3.63, 3.8) is 0 Å². The summed E-state index contributed by atoms with van der Waals surface area (Å²) >= 11 is 0. The van der Waals surface area contributed by atoms with Gasteiger partial charge in [0.15, 0.2) is 0 Å². The van der Waals surface area contributed by atoms with Crippen LogP contribution in [-0.2, 0) is 6.42 Å². The Bertz CT molecular complexity index is 807. The molecule has 0 radical (unpaired) electrons. The summed E-state index contributed by atoms with van der Waals surface area (Å²) in [4.78, 5) is 3.39. The zero-order valence-electron chi connectivity index (χ0n) is 11.6. The summed E-state index contributed by atoms with van der Waals surface area (Å²) in [7, 11) is 0. The van der Waals surface area contributed by atoms with Gasteiger partial charge in [-0.15, -0.1) is 0 Å². The molecular weight excluding hydrogens is 242 g/mol. The molecular formula is C19H17N. The first kappa shape index (κ1) is 11.5. The number of nitrogens with one attached hydrogen (secondary N) is 1. The number of benzene rings is 2. The normalized spacial score (nSPS) is 15.2. The lowest BCUT2D eigenvalue weighted by Crippen LogP contribution is -1.95. The topological polar surface area (TPSA) is 15.8 Å². The molecule has 1 aliphatic carbocycles. The fourth-order valence-corrected chi connectivity index (χ4v) is 3.34. The van der Waals surface area contributed by atoms with E-state index in [0.717, 1.165) is 6.42 Å². The van der Waals surface area contributed by atoms with Crippen LogP contribution < -0.4 is 0 Å². The Balaban J connectivity index is 1.81. The second-order valence-electron chi connectivity index (χ2n) is 5.53. The maximum Gasteiger partial charge on any atom is 0.0457 e. The highest BCUT2D eigenvalue weighted by Gasteiger charge is 2.21. The molecule has 1 heteroatoms. The number of aromatic amines is 1. The van der Waals surface area contributed by atoms with E-state index in [9.17, 15) is 0 Å². The molecule has 0 aliphatic heterocycles. The van der Waals surface area contributed by atoms with E-state index in [0.29, 0.717) is 5.92 Å². The zero-order valence-corrected chi connectivity index (χ0v) is 11.6. The lowest BCUT2D eigenvalue weighted by molar-refractivity contribution is 1.00. The van der Waals surface area contributed by atoms with E-state index in [1.54, 1.807) is 0 Å². The van der Waals surface area contributed by atoms with Crippen molar-refractivity contribution in [3.8, 4) is 0 Å². The first-order valence-electron chi connectivity index (χ1n) is 7.19. The summed E-state index contributed by atoms with van der Waals surface area (Å²) in [6.07, 6.45) is 5.62. The maximum absolute atomic E-state index is 3.39. The molecule has 98 valence electrons. The predicted molar refractivity (Wildman–Crippen MR) is 84.8 cm³/mol. The summed E-state index contributed by atoms with van der Waals surface area (Å²) in [5, 5.41) is 1.34. The third-order valence-electron chi connectivity index (χ3n) is 4.42. The van der Waals surface area contributed by atoms with E-state index in [1.807, 2.05) is 0 Å². The minimum Gasteiger partial charge on any atom is -0.361 e. The molecule has 1 atom stereocenters. The summed E-state index contributed by atoms with van der Waals surface area (Å²) < 4.78 is 0. The molecule has 20 heavy (non-hydrogen) atoms. The number of H-pyrrole nitrogens is 1. The minimum absolute atomic E-state index is 0.426. The standard InChI is InChI=1S/C19H17N/c1-13(15-11-10-14-6-2-3-7-16(14)15)18-12-20-19-9-5-4-8-17(18)19/h2-9,11-13,20H,10H2,1H3. The van der Waals surface area contributed by atoms with Gasteiger partial charge >= 0.3 is 0 Å². The summed E-state index contributed by atoms with van der Waals surface area (Å²) in [6.45, 7) is 2.31. The smallest absolute Gasteiger partial charge is 0.0457 e. The molecule has 0 saturated heterocycles. The zero-order chi connectivity index (χ0) is 13.5. The van der Waals surface area contributed by atoms with E-state index in [1.165, 1.54) is 33.2 Å². The van der Waals surface area contributed by atoms with Gasteiger partial charge in [-0.25, -0.2) is 0 Å². The molecule has 0 amide bonds. The van der Waals surface area contributed by atoms with Gasteiger partial charge < -0.3 is 4.98 Å². The molecule has 1 N–H and O–H groups in total. The Morgan fingerprint density at radius 3 is 2.75 bits per heavy atom. The van der Waals surface area contributed by atoms with Gasteiger partial charge in [0.1, 0.15) is 0 Å². The Morgan fingerprint density at radius 2 is 1.80 bits per heavy atom. The lowest BCUT2D eigenvalue weighted by Gasteiger charge is -2.14. The highest BCUT2D eigenvalue weighted by Crippen LogP contribution is 2.40. The highest BCUT2D eigenvalue weighted by atomic mass is 14.7. The van der Waals surface area contributed by atoms with Crippen molar-refractivity contribution in [2.45, 2.75) is 19.3 Å². The number of aromatic nitrogens is 1. The fourth-order valence-electron chi connectivity index (χ4n) is 3.34. The number of rotatable bonds is 2. The Hall–Kier alpha value is -2.28. The van der Waals surface area contributed by atoms with E-state index < -0.39 is 0 Å². The fraction of sp³-hybridized carbons (Fsp3) is 0.158. The third-order valence-corrected chi connectivity index (χ3v) is 4.42. The van der Waals surface area contributed by atoms with Crippen LogP contribution in [0.5, 0.6) is 0 Å². The molecule has 2 aromatic carbocycles. The van der Waals surface area contributed by atoms with Gasteiger partial charge in [0.25, 0.3) is 0 Å². The van der Waals surface area contributed by atoms with Gasteiger partial charge in [-0.05, 0) is 34.8 Å². The summed E-state index contributed by atoms with van der Waals surface area (Å²) in [6, 6.07) is 17.3. The first-order valence-corrected chi connectivity index (χ1v) is 7.19. The Morgan fingerprint density at radius 1 is 1.00 bits per heavy atom. The largest absolute Gasteiger partial charge is 0.361 e. The van der Waals surface area contributed by atoms with Crippen LogP contribution in [0.25, 0.3) is 16.5 Å². The van der Waals surface area contributed by atoms with Gasteiger partial charge in [0, 0.05) is 23.0 Å². The van der Waals surface area contributed by atoms with E-state index in [-0.39, 0.29) is 0 Å². The van der Waals surface area contributed by atoms with Crippen molar-refractivity contribution in [2.75, 3.05) is 0 Å². The van der Waals surface area contributed by atoms with Crippen molar-refractivity contribution in [1.82, 2.24) is 4.98 Å². The highest BCUT2D eigenvalue weighted by molar-refractivity contribution is 5.88. The van der Waals surface area contributed by atoms with Crippen LogP contribution >= 0.6 is 0 Å². The average molecular weight is 259 g/mol. The average Bonchev–Trinajstić information content (AvgIpc) is 3.11. The lowest BCUT2D eigenvalue weighted by atomic mass is 9.89. The molecule has 0 fully saturated rings. The molecule has 0 spiro atoms. The maximum atomic E-state index is 3.39. The van der Waals surface area contributed by atoms with Crippen LogP contribution in [0.15, 0.2) is 60.8 Å². The van der Waals surface area contributed by atoms with Crippen molar-refractivity contribution < 1.29 is 0 Å². The predicted octanol–water partition coefficient (Wildman–Crippen LogP) is 4.91. The number of hydrogen-bond donors (Lipinski definition) is 1. The number of fused-ring (bicyclic) bond motifs is 2. The van der Waals surface area contributed by atoms with E-state index in [2.05, 4.69) is 72.7 Å². The van der Waals surface area contributed by atoms with Crippen molar-refractivity contribution in [1.29, 1.82) is 0 Å². The van der Waals surface area contributed by atoms with E-state index in [4.69, 9.17) is 0 Å². The number of allylic oxidation sites excluding steroid dienone is 2. The van der Waals surface area contributed by atoms with Crippen LogP contribution in [-0.4, -0.2) is 4.98 Å². The Labute approximate surface area is 119 Å². The van der Waals surface area contributed by atoms with Crippen molar-refractivity contribution in [3.05, 3.63) is 77.5 Å². The summed E-state index contributed by atoms with van der Waals surface area (Å²) in [5.74, 6) is 0.426. The number of para-hydroxylation sites is 1. The van der Waals surface area contributed by atoms with E-state index >= 15 is 0 Å². The second kappa shape index (κ2) is 4.38. The van der Waals surface area contributed by atoms with Crippen LogP contribution in [0.4, 0.5) is 0 Å². The molecule has 4 rings (SSSR count). The molecule has 0 bridgehead atoms. The van der Waals surface area contributed by atoms with Crippen LogP contribution in [0.2, 0.25) is 0 Å². The van der Waals surface area contributed by atoms with Crippen molar-refractivity contribution >= 4 is 16.5 Å². The second-order valence-corrected chi connectivity index (χ2v) is 5.53. The SMILES string of the molecule is CC(C1=CCc2ccccc21)c1c[nH]c2ccccc12. The minimum atomic E-state index is 0.426.